The molecule has 5 nitrogen and oxygen atoms in total. The number of hydrogen-bond acceptors (Lipinski definition) is 5. The van der Waals surface area contributed by atoms with E-state index < -0.39 is 0 Å². The first-order valence-electron chi connectivity index (χ1n) is 5.93. The number of aromatic nitrogens is 4. The van der Waals surface area contributed by atoms with Gasteiger partial charge in [0.05, 0.1) is 18.6 Å². The van der Waals surface area contributed by atoms with Gasteiger partial charge in [-0.1, -0.05) is 18.3 Å². The number of hydrogen-bond donors (Lipinski definition) is 1. The van der Waals surface area contributed by atoms with E-state index in [1.807, 2.05) is 12.5 Å². The molecule has 90 valence electrons. The molecular formula is C11H15N5S. The lowest BCUT2D eigenvalue weighted by atomic mass is 10.4. The van der Waals surface area contributed by atoms with Gasteiger partial charge in [-0.2, -0.15) is 0 Å². The standard InChI is InChI=1S/C11H15N5S/c1-2-10-14-15-11(17-10)13-6-9-5-12-7-16(9)8-3-4-8/h5,7-8H,2-4,6H2,1H3,(H,13,15). The van der Waals surface area contributed by atoms with Crippen molar-refractivity contribution in [3.8, 4) is 0 Å². The first kappa shape index (κ1) is 10.7. The van der Waals surface area contributed by atoms with Crippen LogP contribution in [0.5, 0.6) is 0 Å². The highest BCUT2D eigenvalue weighted by Gasteiger charge is 2.25. The fraction of sp³-hybridized carbons (Fsp3) is 0.545. The van der Waals surface area contributed by atoms with Crippen LogP contribution in [0.1, 0.15) is 36.5 Å². The monoisotopic (exact) mass is 249 g/mol. The highest BCUT2D eigenvalue weighted by molar-refractivity contribution is 7.15. The molecule has 6 heteroatoms. The Hall–Kier alpha value is -1.43. The van der Waals surface area contributed by atoms with Crippen molar-refractivity contribution in [2.45, 2.75) is 38.8 Å². The second-order valence-electron chi connectivity index (χ2n) is 4.23. The van der Waals surface area contributed by atoms with Crippen LogP contribution < -0.4 is 5.32 Å². The average Bonchev–Trinajstić information content (AvgIpc) is 2.93. The molecule has 1 aliphatic carbocycles. The molecule has 0 atom stereocenters. The molecule has 1 saturated carbocycles. The lowest BCUT2D eigenvalue weighted by Crippen LogP contribution is -2.05. The number of nitrogens with zero attached hydrogens (tertiary/aromatic N) is 4. The Labute approximate surface area is 104 Å². The first-order chi connectivity index (χ1) is 8.36. The van der Waals surface area contributed by atoms with Gasteiger partial charge < -0.3 is 9.88 Å². The van der Waals surface area contributed by atoms with Crippen LogP contribution >= 0.6 is 11.3 Å². The van der Waals surface area contributed by atoms with E-state index in [-0.39, 0.29) is 0 Å². The molecule has 0 aliphatic heterocycles. The summed E-state index contributed by atoms with van der Waals surface area (Å²) in [7, 11) is 0. The molecule has 1 aliphatic rings. The zero-order chi connectivity index (χ0) is 11.7. The van der Waals surface area contributed by atoms with Gasteiger partial charge in [0.25, 0.3) is 0 Å². The van der Waals surface area contributed by atoms with E-state index in [1.165, 1.54) is 18.5 Å². The Morgan fingerprint density at radius 1 is 1.47 bits per heavy atom. The fourth-order valence-corrected chi connectivity index (χ4v) is 2.46. The quantitative estimate of drug-likeness (QED) is 0.883. The van der Waals surface area contributed by atoms with Crippen LogP contribution in [0.25, 0.3) is 0 Å². The molecule has 3 rings (SSSR count). The van der Waals surface area contributed by atoms with Crippen molar-refractivity contribution in [2.75, 3.05) is 5.32 Å². The van der Waals surface area contributed by atoms with Gasteiger partial charge in [-0.05, 0) is 19.3 Å². The summed E-state index contributed by atoms with van der Waals surface area (Å²) in [6, 6.07) is 0.676. The molecule has 0 bridgehead atoms. The van der Waals surface area contributed by atoms with E-state index in [4.69, 9.17) is 0 Å². The number of anilines is 1. The summed E-state index contributed by atoms with van der Waals surface area (Å²) < 4.78 is 2.26. The van der Waals surface area contributed by atoms with Gasteiger partial charge in [0, 0.05) is 12.2 Å². The minimum absolute atomic E-state index is 0.676. The lowest BCUT2D eigenvalue weighted by Gasteiger charge is -2.06. The second kappa shape index (κ2) is 4.44. The Balaban J connectivity index is 1.64. The lowest BCUT2D eigenvalue weighted by molar-refractivity contribution is 0.700. The third-order valence-corrected chi connectivity index (χ3v) is 3.90. The molecule has 0 unspecified atom stereocenters. The van der Waals surface area contributed by atoms with Gasteiger partial charge in [-0.3, -0.25) is 0 Å². The topological polar surface area (TPSA) is 55.6 Å². The van der Waals surface area contributed by atoms with Gasteiger partial charge >= 0.3 is 0 Å². The maximum atomic E-state index is 4.21. The summed E-state index contributed by atoms with van der Waals surface area (Å²) in [5.41, 5.74) is 1.22. The summed E-state index contributed by atoms with van der Waals surface area (Å²) in [4.78, 5) is 4.21. The van der Waals surface area contributed by atoms with E-state index in [1.54, 1.807) is 11.3 Å². The number of nitrogens with one attached hydrogen (secondary N) is 1. The molecule has 0 aromatic carbocycles. The van der Waals surface area contributed by atoms with Crippen molar-refractivity contribution in [1.82, 2.24) is 19.7 Å². The second-order valence-corrected chi connectivity index (χ2v) is 5.29. The summed E-state index contributed by atoms with van der Waals surface area (Å²) in [5, 5.41) is 13.5. The van der Waals surface area contributed by atoms with Crippen LogP contribution in [0.15, 0.2) is 12.5 Å². The molecule has 0 radical (unpaired) electrons. The summed E-state index contributed by atoms with van der Waals surface area (Å²) in [6.07, 6.45) is 7.35. The van der Waals surface area contributed by atoms with Gasteiger partial charge in [-0.15, -0.1) is 10.2 Å². The van der Waals surface area contributed by atoms with E-state index in [2.05, 4.69) is 32.0 Å². The number of aryl methyl sites for hydroxylation is 1. The molecule has 17 heavy (non-hydrogen) atoms. The predicted molar refractivity (Wildman–Crippen MR) is 67.1 cm³/mol. The van der Waals surface area contributed by atoms with Crippen LogP contribution in [-0.2, 0) is 13.0 Å². The van der Waals surface area contributed by atoms with E-state index in [0.29, 0.717) is 6.04 Å². The number of imidazole rings is 1. The SMILES string of the molecule is CCc1nnc(NCc2cncn2C2CC2)s1. The third kappa shape index (κ3) is 2.31. The zero-order valence-electron chi connectivity index (χ0n) is 9.76. The molecule has 1 fully saturated rings. The molecular weight excluding hydrogens is 234 g/mol. The van der Waals surface area contributed by atoms with Crippen LogP contribution in [-0.4, -0.2) is 19.7 Å². The third-order valence-electron chi connectivity index (χ3n) is 2.88. The van der Waals surface area contributed by atoms with Crippen molar-refractivity contribution >= 4 is 16.5 Å². The van der Waals surface area contributed by atoms with Crippen molar-refractivity contribution in [2.24, 2.45) is 0 Å². The zero-order valence-corrected chi connectivity index (χ0v) is 10.6. The molecule has 0 saturated heterocycles. The molecule has 0 amide bonds. The van der Waals surface area contributed by atoms with Crippen molar-refractivity contribution in [3.05, 3.63) is 23.2 Å². The molecule has 2 aromatic heterocycles. The summed E-state index contributed by atoms with van der Waals surface area (Å²) in [6.45, 7) is 2.86. The van der Waals surface area contributed by atoms with Crippen LogP contribution in [0.2, 0.25) is 0 Å². The van der Waals surface area contributed by atoms with Crippen LogP contribution in [0.3, 0.4) is 0 Å². The Morgan fingerprint density at radius 3 is 3.06 bits per heavy atom. The van der Waals surface area contributed by atoms with Crippen molar-refractivity contribution in [3.63, 3.8) is 0 Å². The summed E-state index contributed by atoms with van der Waals surface area (Å²) >= 11 is 1.62. The minimum Gasteiger partial charge on any atom is -0.354 e. The molecule has 2 aromatic rings. The molecule has 0 spiro atoms. The normalized spacial score (nSPS) is 15.1. The predicted octanol–water partition coefficient (Wildman–Crippen LogP) is 2.24. The first-order valence-corrected chi connectivity index (χ1v) is 6.75. The van der Waals surface area contributed by atoms with E-state index in [0.717, 1.165) is 23.1 Å². The minimum atomic E-state index is 0.676. The van der Waals surface area contributed by atoms with Crippen molar-refractivity contribution in [1.29, 1.82) is 0 Å². The Morgan fingerprint density at radius 2 is 2.35 bits per heavy atom. The molecule has 2 heterocycles. The Kier molecular flexibility index (Phi) is 2.80. The maximum absolute atomic E-state index is 4.21. The van der Waals surface area contributed by atoms with E-state index in [9.17, 15) is 0 Å². The highest BCUT2D eigenvalue weighted by Crippen LogP contribution is 2.35. The van der Waals surface area contributed by atoms with Crippen LogP contribution in [0.4, 0.5) is 5.13 Å². The van der Waals surface area contributed by atoms with Crippen LogP contribution in [0, 0.1) is 0 Å². The average molecular weight is 249 g/mol. The Bertz CT molecular complexity index is 499. The number of rotatable bonds is 5. The summed E-state index contributed by atoms with van der Waals surface area (Å²) in [5.74, 6) is 0. The van der Waals surface area contributed by atoms with Gasteiger partial charge in [-0.25, -0.2) is 4.98 Å². The fourth-order valence-electron chi connectivity index (χ4n) is 1.78. The maximum Gasteiger partial charge on any atom is 0.205 e. The van der Waals surface area contributed by atoms with Gasteiger partial charge in [0.15, 0.2) is 0 Å². The van der Waals surface area contributed by atoms with Gasteiger partial charge in [0.1, 0.15) is 5.01 Å². The van der Waals surface area contributed by atoms with Gasteiger partial charge in [0.2, 0.25) is 5.13 Å². The van der Waals surface area contributed by atoms with Crippen molar-refractivity contribution < 1.29 is 0 Å². The highest BCUT2D eigenvalue weighted by atomic mass is 32.1. The smallest absolute Gasteiger partial charge is 0.205 e. The largest absolute Gasteiger partial charge is 0.354 e. The van der Waals surface area contributed by atoms with E-state index >= 15 is 0 Å². The molecule has 1 N–H and O–H groups in total.